The van der Waals surface area contributed by atoms with Gasteiger partial charge in [-0.05, 0) is 18.6 Å². The molecule has 1 aromatic rings. The molecule has 0 unspecified atom stereocenters. The van der Waals surface area contributed by atoms with Crippen molar-refractivity contribution in [3.8, 4) is 0 Å². The van der Waals surface area contributed by atoms with Crippen molar-refractivity contribution < 1.29 is 9.72 Å². The van der Waals surface area contributed by atoms with Crippen molar-refractivity contribution in [2.24, 2.45) is 0 Å². The fraction of sp³-hybridized carbons (Fsp3) is 0.333. The second-order valence-corrected chi connectivity index (χ2v) is 3.60. The molecule has 0 aliphatic carbocycles. The second-order valence-electron chi connectivity index (χ2n) is 3.60. The van der Waals surface area contributed by atoms with Crippen LogP contribution >= 0.6 is 0 Å². The molecule has 6 nitrogen and oxygen atoms in total. The van der Waals surface area contributed by atoms with E-state index in [2.05, 4.69) is 19.2 Å². The van der Waals surface area contributed by atoms with E-state index in [1.807, 2.05) is 0 Å². The van der Waals surface area contributed by atoms with Crippen LogP contribution in [0.5, 0.6) is 0 Å². The Morgan fingerprint density at radius 2 is 2.06 bits per heavy atom. The van der Waals surface area contributed by atoms with Crippen LogP contribution in [0.4, 0.5) is 11.4 Å². The summed E-state index contributed by atoms with van der Waals surface area (Å²) in [7, 11) is 0. The van der Waals surface area contributed by atoms with Gasteiger partial charge in [0.1, 0.15) is 0 Å². The minimum Gasteiger partial charge on any atom is -0.321 e. The Hall–Kier alpha value is -2.24. The number of non-ortho nitro benzene ring substituents is 1. The Kier molecular flexibility index (Phi) is 6.95. The topological polar surface area (TPSA) is 96.1 Å². The minimum absolute atomic E-state index is 0.0275. The first kappa shape index (κ1) is 15.8. The molecule has 0 fully saturated rings. The number of carbonyl (C=O) groups is 1. The van der Waals surface area contributed by atoms with Crippen molar-refractivity contribution in [3.63, 3.8) is 0 Å². The molecule has 0 heterocycles. The molecule has 98 valence electrons. The van der Waals surface area contributed by atoms with Crippen molar-refractivity contribution in [2.45, 2.75) is 27.2 Å². The third-order valence-corrected chi connectivity index (χ3v) is 1.81. The van der Waals surface area contributed by atoms with Crippen molar-refractivity contribution in [1.29, 1.82) is 5.41 Å². The normalized spacial score (nSPS) is 8.83. The van der Waals surface area contributed by atoms with Crippen molar-refractivity contribution in [1.82, 2.24) is 0 Å². The summed E-state index contributed by atoms with van der Waals surface area (Å²) in [5.41, 5.74) is 1.02. The van der Waals surface area contributed by atoms with Crippen LogP contribution in [-0.2, 0) is 4.79 Å². The van der Waals surface area contributed by atoms with Crippen LogP contribution in [0.3, 0.4) is 0 Å². The molecule has 0 aliphatic heterocycles. The number of rotatable bonds is 3. The summed E-state index contributed by atoms with van der Waals surface area (Å²) in [6.07, 6.45) is 1.89. The molecule has 1 aromatic carbocycles. The first-order valence-electron chi connectivity index (χ1n) is 5.52. The number of nitro groups is 1. The lowest BCUT2D eigenvalue weighted by Gasteiger charge is -2.04. The van der Waals surface area contributed by atoms with Crippen LogP contribution in [-0.4, -0.2) is 17.0 Å². The standard InChI is InChI=1S/C9H9N3O3.C3H8/c1-6-4-7(12(14)15)2-3-8(6)11-9(13)5-10;1-3-2/h2-5,10H,1H3,(H,11,13);3H2,1-2H3. The molecule has 0 spiro atoms. The molecule has 1 rings (SSSR count). The number of amides is 1. The van der Waals surface area contributed by atoms with E-state index in [1.165, 1.54) is 24.6 Å². The van der Waals surface area contributed by atoms with Gasteiger partial charge in [0, 0.05) is 17.8 Å². The summed E-state index contributed by atoms with van der Waals surface area (Å²) < 4.78 is 0. The molecule has 6 heteroatoms. The third kappa shape index (κ3) is 5.20. The molecule has 2 N–H and O–H groups in total. The van der Waals surface area contributed by atoms with Crippen LogP contribution in [0.25, 0.3) is 0 Å². The number of anilines is 1. The number of nitrogens with one attached hydrogen (secondary N) is 2. The van der Waals surface area contributed by atoms with Gasteiger partial charge in [0.2, 0.25) is 0 Å². The first-order chi connectivity index (χ1) is 8.46. The summed E-state index contributed by atoms with van der Waals surface area (Å²) >= 11 is 0. The van der Waals surface area contributed by atoms with Gasteiger partial charge in [-0.1, -0.05) is 20.3 Å². The number of hydrogen-bond donors (Lipinski definition) is 2. The van der Waals surface area contributed by atoms with Crippen LogP contribution in [0.15, 0.2) is 18.2 Å². The molecule has 0 saturated heterocycles. The lowest BCUT2D eigenvalue weighted by Crippen LogP contribution is -2.12. The van der Waals surface area contributed by atoms with E-state index in [0.29, 0.717) is 17.5 Å². The van der Waals surface area contributed by atoms with Gasteiger partial charge < -0.3 is 10.7 Å². The molecule has 0 aromatic heterocycles. The molecular weight excluding hydrogens is 234 g/mol. The highest BCUT2D eigenvalue weighted by Crippen LogP contribution is 2.20. The molecule has 0 atom stereocenters. The summed E-state index contributed by atoms with van der Waals surface area (Å²) in [6, 6.07) is 4.10. The van der Waals surface area contributed by atoms with E-state index < -0.39 is 10.8 Å². The summed E-state index contributed by atoms with van der Waals surface area (Å²) in [4.78, 5) is 20.8. The van der Waals surface area contributed by atoms with E-state index in [0.717, 1.165) is 0 Å². The second kappa shape index (κ2) is 7.94. The zero-order valence-electron chi connectivity index (χ0n) is 10.7. The SMILES string of the molecule is CCC.Cc1cc([N+](=O)[O-])ccc1NC(=O)C=N. The summed E-state index contributed by atoms with van der Waals surface area (Å²) in [5.74, 6) is -0.563. The summed E-state index contributed by atoms with van der Waals surface area (Å²) in [5, 5.41) is 19.5. The minimum atomic E-state index is -0.563. The first-order valence-corrected chi connectivity index (χ1v) is 5.52. The predicted octanol–water partition coefficient (Wildman–Crippen LogP) is 2.91. The van der Waals surface area contributed by atoms with E-state index >= 15 is 0 Å². The quantitative estimate of drug-likeness (QED) is 0.491. The maximum absolute atomic E-state index is 10.9. The van der Waals surface area contributed by atoms with Crippen LogP contribution in [0, 0.1) is 22.4 Å². The van der Waals surface area contributed by atoms with Crippen LogP contribution in [0.1, 0.15) is 25.8 Å². The van der Waals surface area contributed by atoms with Gasteiger partial charge in [-0.15, -0.1) is 0 Å². The van der Waals surface area contributed by atoms with Crippen molar-refractivity contribution in [2.75, 3.05) is 5.32 Å². The fourth-order valence-electron chi connectivity index (χ4n) is 1.07. The summed E-state index contributed by atoms with van der Waals surface area (Å²) in [6.45, 7) is 5.90. The van der Waals surface area contributed by atoms with Gasteiger partial charge in [0.15, 0.2) is 0 Å². The number of aryl methyl sites for hydroxylation is 1. The Bertz CT molecular complexity index is 444. The van der Waals surface area contributed by atoms with Gasteiger partial charge in [0.25, 0.3) is 11.6 Å². The van der Waals surface area contributed by atoms with Gasteiger partial charge in [-0.2, -0.15) is 0 Å². The number of hydrogen-bond acceptors (Lipinski definition) is 4. The van der Waals surface area contributed by atoms with Crippen LogP contribution in [0.2, 0.25) is 0 Å². The molecule has 0 aliphatic rings. The zero-order chi connectivity index (χ0) is 14.1. The Morgan fingerprint density at radius 1 is 1.50 bits per heavy atom. The van der Waals surface area contributed by atoms with Gasteiger partial charge in [-0.3, -0.25) is 14.9 Å². The highest BCUT2D eigenvalue weighted by atomic mass is 16.6. The van der Waals surface area contributed by atoms with Gasteiger partial charge in [-0.25, -0.2) is 0 Å². The maximum atomic E-state index is 10.9. The zero-order valence-corrected chi connectivity index (χ0v) is 10.7. The molecule has 0 bridgehead atoms. The molecular formula is C12H17N3O3. The van der Waals surface area contributed by atoms with Gasteiger partial charge in [0.05, 0.1) is 11.1 Å². The number of nitrogens with zero attached hydrogens (tertiary/aromatic N) is 1. The average Bonchev–Trinajstić information content (AvgIpc) is 2.32. The predicted molar refractivity (Wildman–Crippen MR) is 71.2 cm³/mol. The monoisotopic (exact) mass is 251 g/mol. The number of nitro benzene ring substituents is 1. The molecule has 0 radical (unpaired) electrons. The Morgan fingerprint density at radius 3 is 2.44 bits per heavy atom. The fourth-order valence-corrected chi connectivity index (χ4v) is 1.07. The smallest absolute Gasteiger partial charge is 0.269 e. The van der Waals surface area contributed by atoms with E-state index in [9.17, 15) is 14.9 Å². The lowest BCUT2D eigenvalue weighted by molar-refractivity contribution is -0.384. The third-order valence-electron chi connectivity index (χ3n) is 1.81. The number of benzene rings is 1. The van der Waals surface area contributed by atoms with E-state index in [4.69, 9.17) is 5.41 Å². The van der Waals surface area contributed by atoms with Gasteiger partial charge >= 0.3 is 0 Å². The molecule has 18 heavy (non-hydrogen) atoms. The molecule has 1 amide bonds. The van der Waals surface area contributed by atoms with E-state index in [1.54, 1.807) is 6.92 Å². The molecule has 0 saturated carbocycles. The average molecular weight is 251 g/mol. The maximum Gasteiger partial charge on any atom is 0.269 e. The highest BCUT2D eigenvalue weighted by molar-refractivity contribution is 6.30. The Balaban J connectivity index is 0.000000873. The van der Waals surface area contributed by atoms with Crippen LogP contribution < -0.4 is 5.32 Å². The largest absolute Gasteiger partial charge is 0.321 e. The van der Waals surface area contributed by atoms with Crippen molar-refractivity contribution >= 4 is 23.5 Å². The van der Waals surface area contributed by atoms with E-state index in [-0.39, 0.29) is 5.69 Å². The Labute approximate surface area is 106 Å². The van der Waals surface area contributed by atoms with Crippen molar-refractivity contribution in [3.05, 3.63) is 33.9 Å². The lowest BCUT2D eigenvalue weighted by atomic mass is 10.2. The highest BCUT2D eigenvalue weighted by Gasteiger charge is 2.08. The number of carbonyl (C=O) groups excluding carboxylic acids is 1.